The number of carbonyl (C=O) groups is 2. The molecule has 1 rings (SSSR count). The minimum absolute atomic E-state index is 0.257. The standard InChI is InChI=1S/C14H17N3O3/c1-9(14(19)20)4-3-7-16-13(18)12-6-5-11(8-15)10(2)17-12/h5-6,9H,3-4,7H2,1-2H3,(H,16,18)(H,19,20). The van der Waals surface area contributed by atoms with Crippen molar-refractivity contribution in [2.45, 2.75) is 26.7 Å². The van der Waals surface area contributed by atoms with Crippen LogP contribution >= 0.6 is 0 Å². The van der Waals surface area contributed by atoms with Crippen molar-refractivity contribution in [3.05, 3.63) is 29.1 Å². The molecule has 1 unspecified atom stereocenters. The van der Waals surface area contributed by atoms with Crippen LogP contribution in [0.2, 0.25) is 0 Å². The number of rotatable bonds is 6. The van der Waals surface area contributed by atoms with E-state index in [1.807, 2.05) is 6.07 Å². The number of carboxylic acids is 1. The third kappa shape index (κ3) is 4.35. The molecule has 0 radical (unpaired) electrons. The molecular weight excluding hydrogens is 258 g/mol. The molecule has 0 saturated carbocycles. The first kappa shape index (κ1) is 15.6. The van der Waals surface area contributed by atoms with Gasteiger partial charge < -0.3 is 10.4 Å². The molecule has 0 saturated heterocycles. The van der Waals surface area contributed by atoms with Crippen LogP contribution in [0.4, 0.5) is 0 Å². The minimum Gasteiger partial charge on any atom is -0.481 e. The van der Waals surface area contributed by atoms with Gasteiger partial charge in [-0.1, -0.05) is 6.92 Å². The number of hydrogen-bond acceptors (Lipinski definition) is 4. The first-order valence-corrected chi connectivity index (χ1v) is 6.34. The Hall–Kier alpha value is -2.42. The number of nitriles is 1. The smallest absolute Gasteiger partial charge is 0.306 e. The van der Waals surface area contributed by atoms with Gasteiger partial charge in [0.15, 0.2) is 0 Å². The number of aromatic nitrogens is 1. The molecule has 0 aliphatic carbocycles. The van der Waals surface area contributed by atoms with Gasteiger partial charge in [0.05, 0.1) is 17.2 Å². The molecular formula is C14H17N3O3. The Morgan fingerprint density at radius 3 is 2.75 bits per heavy atom. The molecule has 1 aromatic rings. The summed E-state index contributed by atoms with van der Waals surface area (Å²) in [5.41, 5.74) is 1.21. The van der Waals surface area contributed by atoms with Gasteiger partial charge in [-0.15, -0.1) is 0 Å². The Morgan fingerprint density at radius 1 is 1.50 bits per heavy atom. The molecule has 1 atom stereocenters. The summed E-state index contributed by atoms with van der Waals surface area (Å²) in [6, 6.07) is 5.05. The number of carboxylic acid groups (broad SMARTS) is 1. The van der Waals surface area contributed by atoms with E-state index in [0.29, 0.717) is 30.6 Å². The summed E-state index contributed by atoms with van der Waals surface area (Å²) < 4.78 is 0. The first-order valence-electron chi connectivity index (χ1n) is 6.34. The van der Waals surface area contributed by atoms with Gasteiger partial charge >= 0.3 is 5.97 Å². The number of nitrogens with one attached hydrogen (secondary N) is 1. The zero-order valence-electron chi connectivity index (χ0n) is 11.5. The van der Waals surface area contributed by atoms with Crippen molar-refractivity contribution in [1.29, 1.82) is 5.26 Å². The van der Waals surface area contributed by atoms with Gasteiger partial charge in [0.25, 0.3) is 5.91 Å². The fourth-order valence-electron chi connectivity index (χ4n) is 1.63. The Balaban J connectivity index is 2.46. The van der Waals surface area contributed by atoms with Gasteiger partial charge in [-0.2, -0.15) is 5.26 Å². The number of amides is 1. The Kier molecular flexibility index (Phi) is 5.66. The van der Waals surface area contributed by atoms with E-state index >= 15 is 0 Å². The summed E-state index contributed by atoms with van der Waals surface area (Å²) in [6.45, 7) is 3.71. The summed E-state index contributed by atoms with van der Waals surface area (Å²) in [5, 5.41) is 20.2. The predicted molar refractivity (Wildman–Crippen MR) is 72.1 cm³/mol. The molecule has 6 nitrogen and oxygen atoms in total. The monoisotopic (exact) mass is 275 g/mol. The molecule has 0 aliphatic heterocycles. The number of nitrogens with zero attached hydrogens (tertiary/aromatic N) is 2. The van der Waals surface area contributed by atoms with Crippen molar-refractivity contribution in [1.82, 2.24) is 10.3 Å². The van der Waals surface area contributed by atoms with Crippen LogP contribution in [0.5, 0.6) is 0 Å². The Labute approximate surface area is 117 Å². The van der Waals surface area contributed by atoms with Gasteiger partial charge in [0, 0.05) is 6.54 Å². The topological polar surface area (TPSA) is 103 Å². The highest BCUT2D eigenvalue weighted by molar-refractivity contribution is 5.92. The normalized spacial score (nSPS) is 11.4. The lowest BCUT2D eigenvalue weighted by atomic mass is 10.1. The molecule has 0 bridgehead atoms. The molecule has 0 spiro atoms. The van der Waals surface area contributed by atoms with Crippen molar-refractivity contribution in [2.75, 3.05) is 6.54 Å². The van der Waals surface area contributed by atoms with Crippen LogP contribution < -0.4 is 5.32 Å². The van der Waals surface area contributed by atoms with E-state index < -0.39 is 11.9 Å². The average Bonchev–Trinajstić information content (AvgIpc) is 2.42. The summed E-state index contributed by atoms with van der Waals surface area (Å²) >= 11 is 0. The number of carbonyl (C=O) groups excluding carboxylic acids is 1. The summed E-state index contributed by atoms with van der Waals surface area (Å²) in [5.74, 6) is -1.57. The number of hydrogen-bond donors (Lipinski definition) is 2. The predicted octanol–water partition coefficient (Wildman–Crippen LogP) is 1.49. The van der Waals surface area contributed by atoms with Crippen LogP contribution in [0.25, 0.3) is 0 Å². The van der Waals surface area contributed by atoms with Gasteiger partial charge in [0.1, 0.15) is 11.8 Å². The molecule has 1 heterocycles. The fourth-order valence-corrected chi connectivity index (χ4v) is 1.63. The van der Waals surface area contributed by atoms with Crippen molar-refractivity contribution >= 4 is 11.9 Å². The van der Waals surface area contributed by atoms with Gasteiger partial charge in [-0.3, -0.25) is 9.59 Å². The van der Waals surface area contributed by atoms with Crippen LogP contribution in [0, 0.1) is 24.2 Å². The van der Waals surface area contributed by atoms with E-state index in [1.165, 1.54) is 6.07 Å². The highest BCUT2D eigenvalue weighted by Gasteiger charge is 2.11. The Morgan fingerprint density at radius 2 is 2.20 bits per heavy atom. The zero-order valence-corrected chi connectivity index (χ0v) is 11.5. The van der Waals surface area contributed by atoms with Crippen molar-refractivity contribution in [3.63, 3.8) is 0 Å². The second kappa shape index (κ2) is 7.24. The summed E-state index contributed by atoms with van der Waals surface area (Å²) in [4.78, 5) is 26.5. The van der Waals surface area contributed by atoms with E-state index in [2.05, 4.69) is 10.3 Å². The van der Waals surface area contributed by atoms with Crippen molar-refractivity contribution < 1.29 is 14.7 Å². The van der Waals surface area contributed by atoms with E-state index in [0.717, 1.165) is 0 Å². The van der Waals surface area contributed by atoms with Gasteiger partial charge in [-0.25, -0.2) is 4.98 Å². The highest BCUT2D eigenvalue weighted by Crippen LogP contribution is 2.06. The second-order valence-electron chi connectivity index (χ2n) is 4.58. The third-order valence-electron chi connectivity index (χ3n) is 2.96. The van der Waals surface area contributed by atoms with Crippen LogP contribution in [0.3, 0.4) is 0 Å². The molecule has 6 heteroatoms. The lowest BCUT2D eigenvalue weighted by molar-refractivity contribution is -0.141. The lowest BCUT2D eigenvalue weighted by Crippen LogP contribution is -2.26. The maximum absolute atomic E-state index is 11.8. The van der Waals surface area contributed by atoms with Crippen LogP contribution in [0.1, 0.15) is 41.5 Å². The average molecular weight is 275 g/mol. The molecule has 2 N–H and O–H groups in total. The van der Waals surface area contributed by atoms with Crippen molar-refractivity contribution in [2.24, 2.45) is 5.92 Å². The number of pyridine rings is 1. The van der Waals surface area contributed by atoms with Crippen molar-refractivity contribution in [3.8, 4) is 6.07 Å². The summed E-state index contributed by atoms with van der Waals surface area (Å²) in [7, 11) is 0. The second-order valence-corrected chi connectivity index (χ2v) is 4.58. The quantitative estimate of drug-likeness (QED) is 0.765. The first-order chi connectivity index (χ1) is 9.45. The molecule has 1 aromatic heterocycles. The van der Waals surface area contributed by atoms with E-state index in [-0.39, 0.29) is 11.6 Å². The lowest BCUT2D eigenvalue weighted by Gasteiger charge is -2.07. The van der Waals surface area contributed by atoms with Crippen LogP contribution in [-0.2, 0) is 4.79 Å². The summed E-state index contributed by atoms with van der Waals surface area (Å²) in [6.07, 6.45) is 1.10. The largest absolute Gasteiger partial charge is 0.481 e. The minimum atomic E-state index is -0.833. The van der Waals surface area contributed by atoms with Gasteiger partial charge in [-0.05, 0) is 31.9 Å². The van der Waals surface area contributed by atoms with Gasteiger partial charge in [0.2, 0.25) is 0 Å². The van der Waals surface area contributed by atoms with E-state index in [1.54, 1.807) is 19.9 Å². The highest BCUT2D eigenvalue weighted by atomic mass is 16.4. The Bertz CT molecular complexity index is 549. The van der Waals surface area contributed by atoms with Crippen LogP contribution in [0.15, 0.2) is 12.1 Å². The van der Waals surface area contributed by atoms with E-state index in [9.17, 15) is 9.59 Å². The number of aryl methyl sites for hydroxylation is 1. The maximum Gasteiger partial charge on any atom is 0.306 e. The molecule has 1 amide bonds. The number of aliphatic carboxylic acids is 1. The molecule has 0 aliphatic rings. The fraction of sp³-hybridized carbons (Fsp3) is 0.429. The van der Waals surface area contributed by atoms with Crippen LogP contribution in [-0.4, -0.2) is 28.5 Å². The zero-order chi connectivity index (χ0) is 15.1. The maximum atomic E-state index is 11.8. The molecule has 106 valence electrons. The molecule has 0 fully saturated rings. The molecule has 20 heavy (non-hydrogen) atoms. The van der Waals surface area contributed by atoms with E-state index in [4.69, 9.17) is 10.4 Å². The SMILES string of the molecule is Cc1nc(C(=O)NCCCC(C)C(=O)O)ccc1C#N. The third-order valence-corrected chi connectivity index (χ3v) is 2.96. The molecule has 0 aromatic carbocycles.